The van der Waals surface area contributed by atoms with Crippen LogP contribution in [0.5, 0.6) is 0 Å². The summed E-state index contributed by atoms with van der Waals surface area (Å²) in [5, 5.41) is 31.0. The van der Waals surface area contributed by atoms with Gasteiger partial charge in [0.05, 0.1) is 19.3 Å². The van der Waals surface area contributed by atoms with Gasteiger partial charge < -0.3 is 20.1 Å². The molecule has 1 aromatic heterocycles. The fraction of sp³-hybridized carbons (Fsp3) is 0.667. The lowest BCUT2D eigenvalue weighted by Gasteiger charge is -2.13. The van der Waals surface area contributed by atoms with Crippen LogP contribution in [0.3, 0.4) is 0 Å². The Morgan fingerprint density at radius 1 is 1.44 bits per heavy atom. The van der Waals surface area contributed by atoms with E-state index in [2.05, 4.69) is 5.10 Å². The monoisotopic (exact) mass is 259 g/mol. The first kappa shape index (κ1) is 12.9. The number of nitrogens with zero attached hydrogens (tertiary/aromatic N) is 2. The molecule has 1 aromatic rings. The summed E-state index contributed by atoms with van der Waals surface area (Å²) < 4.78 is 6.07. The number of ether oxygens (including phenoxy) is 1. The lowest BCUT2D eigenvalue weighted by atomic mass is 10.2. The summed E-state index contributed by atoms with van der Waals surface area (Å²) >= 11 is 0. The average molecular weight is 259 g/mol. The number of nitrogens with one attached hydrogen (secondary N) is 1. The maximum Gasteiger partial charge on any atom is 0.347 e. The normalized spacial score (nSPS) is 27.6. The number of hydrogen-bond donors (Lipinski definition) is 4. The lowest BCUT2D eigenvalue weighted by molar-refractivity contribution is -0.0510. The smallest absolute Gasteiger partial charge is 0.347 e. The Balaban J connectivity index is 2.35. The van der Waals surface area contributed by atoms with Crippen molar-refractivity contribution in [2.45, 2.75) is 31.5 Å². The van der Waals surface area contributed by atoms with Crippen molar-refractivity contribution in [1.82, 2.24) is 14.8 Å². The molecule has 0 aromatic carbocycles. The van der Waals surface area contributed by atoms with Crippen molar-refractivity contribution in [2.24, 2.45) is 0 Å². The van der Waals surface area contributed by atoms with Crippen LogP contribution in [-0.2, 0) is 11.3 Å². The number of aromatic nitrogens is 3. The van der Waals surface area contributed by atoms with Crippen LogP contribution in [0.15, 0.2) is 9.59 Å². The van der Waals surface area contributed by atoms with Crippen LogP contribution in [0, 0.1) is 0 Å². The molecule has 0 amide bonds. The van der Waals surface area contributed by atoms with E-state index in [-0.39, 0.29) is 18.7 Å². The van der Waals surface area contributed by atoms with E-state index in [0.717, 1.165) is 4.68 Å². The zero-order valence-corrected chi connectivity index (χ0v) is 9.31. The van der Waals surface area contributed by atoms with Crippen LogP contribution in [0.2, 0.25) is 0 Å². The van der Waals surface area contributed by atoms with Gasteiger partial charge in [0.2, 0.25) is 0 Å². The first-order chi connectivity index (χ1) is 8.56. The Hall–Kier alpha value is -1.55. The second-order valence-electron chi connectivity index (χ2n) is 3.92. The van der Waals surface area contributed by atoms with E-state index in [9.17, 15) is 14.7 Å². The van der Waals surface area contributed by atoms with Crippen LogP contribution in [-0.4, -0.2) is 48.9 Å². The van der Waals surface area contributed by atoms with Gasteiger partial charge in [-0.25, -0.2) is 4.79 Å². The highest BCUT2D eigenvalue weighted by atomic mass is 16.5. The minimum Gasteiger partial charge on any atom is -0.394 e. The highest BCUT2D eigenvalue weighted by molar-refractivity contribution is 4.91. The molecule has 0 unspecified atom stereocenters. The molecule has 1 aliphatic heterocycles. The quantitative estimate of drug-likeness (QED) is 0.455. The third kappa shape index (κ3) is 2.20. The Morgan fingerprint density at radius 2 is 2.17 bits per heavy atom. The van der Waals surface area contributed by atoms with Gasteiger partial charge in [0, 0.05) is 6.42 Å². The molecule has 18 heavy (non-hydrogen) atoms. The third-order valence-corrected chi connectivity index (χ3v) is 2.73. The van der Waals surface area contributed by atoms with E-state index in [1.54, 1.807) is 0 Å². The van der Waals surface area contributed by atoms with Crippen LogP contribution in [0.25, 0.3) is 0 Å². The number of aromatic amines is 1. The van der Waals surface area contributed by atoms with Crippen molar-refractivity contribution in [2.75, 3.05) is 6.61 Å². The molecular weight excluding hydrogens is 246 g/mol. The van der Waals surface area contributed by atoms with E-state index in [4.69, 9.17) is 14.9 Å². The summed E-state index contributed by atoms with van der Waals surface area (Å²) in [6, 6.07) is 0. The van der Waals surface area contributed by atoms with Gasteiger partial charge in [-0.1, -0.05) is 0 Å². The van der Waals surface area contributed by atoms with Crippen LogP contribution >= 0.6 is 0 Å². The summed E-state index contributed by atoms with van der Waals surface area (Å²) in [6.45, 7) is -1.00. The molecule has 4 N–H and O–H groups in total. The molecule has 0 bridgehead atoms. The van der Waals surface area contributed by atoms with Crippen LogP contribution in [0.1, 0.15) is 18.3 Å². The van der Waals surface area contributed by atoms with E-state index < -0.39 is 36.3 Å². The fourth-order valence-corrected chi connectivity index (χ4v) is 1.77. The Bertz CT molecular complexity index is 538. The van der Waals surface area contributed by atoms with E-state index >= 15 is 0 Å². The van der Waals surface area contributed by atoms with Crippen molar-refractivity contribution < 1.29 is 20.1 Å². The van der Waals surface area contributed by atoms with Crippen molar-refractivity contribution in [1.29, 1.82) is 0 Å². The molecule has 1 saturated heterocycles. The summed E-state index contributed by atoms with van der Waals surface area (Å²) in [4.78, 5) is 24.7. The maximum absolute atomic E-state index is 11.5. The fourth-order valence-electron chi connectivity index (χ4n) is 1.77. The molecule has 100 valence electrons. The first-order valence-corrected chi connectivity index (χ1v) is 5.34. The standard InChI is InChI=1S/C9H13N3O6/c13-2-4-8(16)10-9(17)12(11-4)7-1-5(15)6(3-14)18-7/h5-7,13-15H,1-3H2,(H,10,16,17)/t5-,6+,7+/m0/s1. The van der Waals surface area contributed by atoms with Gasteiger partial charge in [-0.15, -0.1) is 0 Å². The first-order valence-electron chi connectivity index (χ1n) is 5.34. The number of hydrogen-bond acceptors (Lipinski definition) is 7. The SMILES string of the molecule is O=c1[nH]c(=O)n([C@H]2C[C@H](O)[C@@H](CO)O2)nc1CO. The molecule has 0 aliphatic carbocycles. The second-order valence-corrected chi connectivity index (χ2v) is 3.92. The van der Waals surface area contributed by atoms with E-state index in [0.29, 0.717) is 0 Å². The molecular formula is C9H13N3O6. The molecule has 9 heteroatoms. The van der Waals surface area contributed by atoms with Gasteiger partial charge in [0.1, 0.15) is 6.10 Å². The van der Waals surface area contributed by atoms with Gasteiger partial charge in [-0.3, -0.25) is 9.78 Å². The van der Waals surface area contributed by atoms with Gasteiger partial charge in [0.15, 0.2) is 11.9 Å². The van der Waals surface area contributed by atoms with Crippen LogP contribution in [0.4, 0.5) is 0 Å². The molecule has 0 radical (unpaired) electrons. The second kappa shape index (κ2) is 4.98. The molecule has 2 heterocycles. The predicted molar refractivity (Wildman–Crippen MR) is 56.7 cm³/mol. The summed E-state index contributed by atoms with van der Waals surface area (Å²) in [7, 11) is 0. The maximum atomic E-state index is 11.5. The third-order valence-electron chi connectivity index (χ3n) is 2.73. The van der Waals surface area contributed by atoms with Crippen molar-refractivity contribution in [3.63, 3.8) is 0 Å². The van der Waals surface area contributed by atoms with Crippen LogP contribution < -0.4 is 11.2 Å². The minimum absolute atomic E-state index is 0.0645. The predicted octanol–water partition coefficient (Wildman–Crippen LogP) is -2.94. The Labute approximate surface area is 100 Å². The van der Waals surface area contributed by atoms with Gasteiger partial charge >= 0.3 is 5.69 Å². The van der Waals surface area contributed by atoms with E-state index in [1.165, 1.54) is 0 Å². The molecule has 0 saturated carbocycles. The number of rotatable bonds is 3. The highest BCUT2D eigenvalue weighted by Gasteiger charge is 2.35. The summed E-state index contributed by atoms with van der Waals surface area (Å²) in [6.07, 6.45) is -2.53. The molecule has 3 atom stereocenters. The van der Waals surface area contributed by atoms with Gasteiger partial charge in [0.25, 0.3) is 5.56 Å². The zero-order valence-electron chi connectivity index (χ0n) is 9.31. The minimum atomic E-state index is -0.918. The molecule has 0 spiro atoms. The van der Waals surface area contributed by atoms with E-state index in [1.807, 2.05) is 4.98 Å². The number of aliphatic hydroxyl groups is 3. The molecule has 2 rings (SSSR count). The molecule has 1 aliphatic rings. The number of H-pyrrole nitrogens is 1. The Kier molecular flexibility index (Phi) is 3.57. The van der Waals surface area contributed by atoms with Gasteiger partial charge in [-0.05, 0) is 0 Å². The number of aliphatic hydroxyl groups excluding tert-OH is 3. The zero-order chi connectivity index (χ0) is 13.3. The van der Waals surface area contributed by atoms with Gasteiger partial charge in [-0.2, -0.15) is 9.78 Å². The van der Waals surface area contributed by atoms with Crippen molar-refractivity contribution in [3.05, 3.63) is 26.5 Å². The Morgan fingerprint density at radius 3 is 2.72 bits per heavy atom. The largest absolute Gasteiger partial charge is 0.394 e. The summed E-state index contributed by atoms with van der Waals surface area (Å²) in [5.74, 6) is 0. The lowest BCUT2D eigenvalue weighted by Crippen LogP contribution is -2.37. The molecule has 1 fully saturated rings. The summed E-state index contributed by atoms with van der Waals surface area (Å²) in [5.41, 5.74) is -1.79. The topological polar surface area (TPSA) is 138 Å². The highest BCUT2D eigenvalue weighted by Crippen LogP contribution is 2.26. The average Bonchev–Trinajstić information content (AvgIpc) is 2.70. The van der Waals surface area contributed by atoms with Crippen molar-refractivity contribution >= 4 is 0 Å². The molecule has 9 nitrogen and oxygen atoms in total. The van der Waals surface area contributed by atoms with Crippen molar-refractivity contribution in [3.8, 4) is 0 Å².